The standard InChI is InChI=1S/C25H20Cl2O6/c1-29-20-9-5-14(24(30-2)25(20)31-3)10-22-23(28)18-8-7-17(12-21(18)33-22)32-13-15-4-6-16(26)11-19(15)27/h4-12H,13H2,1-3H3/b22-10-. The summed E-state index contributed by atoms with van der Waals surface area (Å²) in [5, 5.41) is 1.07. The second-order valence-electron chi connectivity index (χ2n) is 7.05. The third-order valence-electron chi connectivity index (χ3n) is 5.07. The highest BCUT2D eigenvalue weighted by molar-refractivity contribution is 6.35. The zero-order chi connectivity index (χ0) is 23.5. The van der Waals surface area contributed by atoms with Gasteiger partial charge >= 0.3 is 0 Å². The van der Waals surface area contributed by atoms with Crippen molar-refractivity contribution in [1.82, 2.24) is 0 Å². The van der Waals surface area contributed by atoms with Crippen LogP contribution in [-0.4, -0.2) is 27.1 Å². The van der Waals surface area contributed by atoms with Crippen molar-refractivity contribution >= 4 is 35.1 Å². The molecule has 0 aromatic heterocycles. The lowest BCUT2D eigenvalue weighted by Crippen LogP contribution is -2.00. The number of halogens is 2. The van der Waals surface area contributed by atoms with Gasteiger partial charge in [0.15, 0.2) is 17.3 Å². The van der Waals surface area contributed by atoms with Gasteiger partial charge < -0.3 is 23.7 Å². The number of benzene rings is 3. The van der Waals surface area contributed by atoms with Crippen LogP contribution in [-0.2, 0) is 6.61 Å². The molecule has 0 fully saturated rings. The Labute approximate surface area is 201 Å². The lowest BCUT2D eigenvalue weighted by molar-refractivity contribution is 0.101. The molecule has 6 nitrogen and oxygen atoms in total. The fourth-order valence-corrected chi connectivity index (χ4v) is 3.90. The lowest BCUT2D eigenvalue weighted by atomic mass is 10.1. The summed E-state index contributed by atoms with van der Waals surface area (Å²) in [6.45, 7) is 0.244. The molecule has 1 aliphatic rings. The number of ketones is 1. The zero-order valence-electron chi connectivity index (χ0n) is 18.1. The van der Waals surface area contributed by atoms with Crippen molar-refractivity contribution in [3.8, 4) is 28.7 Å². The van der Waals surface area contributed by atoms with Gasteiger partial charge in [0, 0.05) is 27.2 Å². The molecule has 0 unspecified atom stereocenters. The van der Waals surface area contributed by atoms with Gasteiger partial charge in [0.2, 0.25) is 11.5 Å². The molecule has 0 radical (unpaired) electrons. The number of hydrogen-bond acceptors (Lipinski definition) is 6. The van der Waals surface area contributed by atoms with Gasteiger partial charge in [0.05, 0.1) is 26.9 Å². The third-order valence-corrected chi connectivity index (χ3v) is 5.66. The van der Waals surface area contributed by atoms with Crippen molar-refractivity contribution < 1.29 is 28.5 Å². The molecule has 0 N–H and O–H groups in total. The van der Waals surface area contributed by atoms with Gasteiger partial charge in [0.25, 0.3) is 0 Å². The van der Waals surface area contributed by atoms with Crippen LogP contribution in [0.3, 0.4) is 0 Å². The molecule has 170 valence electrons. The molecule has 0 saturated heterocycles. The van der Waals surface area contributed by atoms with Crippen molar-refractivity contribution in [3.63, 3.8) is 0 Å². The maximum Gasteiger partial charge on any atom is 0.231 e. The van der Waals surface area contributed by atoms with E-state index < -0.39 is 0 Å². The van der Waals surface area contributed by atoms with Gasteiger partial charge in [-0.15, -0.1) is 0 Å². The van der Waals surface area contributed by atoms with Gasteiger partial charge in [0.1, 0.15) is 18.1 Å². The van der Waals surface area contributed by atoms with Gasteiger partial charge in [-0.25, -0.2) is 0 Å². The molecule has 0 aliphatic carbocycles. The number of ether oxygens (including phenoxy) is 5. The topological polar surface area (TPSA) is 63.2 Å². The molecule has 4 rings (SSSR count). The molecule has 3 aromatic carbocycles. The number of rotatable bonds is 7. The van der Waals surface area contributed by atoms with E-state index in [0.29, 0.717) is 49.9 Å². The number of Topliss-reactive ketones (excluding diaryl/α,β-unsaturated/α-hetero) is 1. The summed E-state index contributed by atoms with van der Waals surface area (Å²) in [6, 6.07) is 13.7. The Morgan fingerprint density at radius 1 is 0.909 bits per heavy atom. The van der Waals surface area contributed by atoms with Crippen molar-refractivity contribution in [2.75, 3.05) is 21.3 Å². The molecular weight excluding hydrogens is 467 g/mol. The largest absolute Gasteiger partial charge is 0.493 e. The van der Waals surface area contributed by atoms with Crippen LogP contribution < -0.4 is 23.7 Å². The van der Waals surface area contributed by atoms with Crippen LogP contribution in [0.4, 0.5) is 0 Å². The molecule has 33 heavy (non-hydrogen) atoms. The van der Waals surface area contributed by atoms with E-state index in [4.69, 9.17) is 46.9 Å². The van der Waals surface area contributed by atoms with Crippen LogP contribution in [0.1, 0.15) is 21.5 Å². The maximum absolute atomic E-state index is 12.9. The maximum atomic E-state index is 12.9. The van der Waals surface area contributed by atoms with Crippen molar-refractivity contribution in [3.05, 3.63) is 81.0 Å². The number of methoxy groups -OCH3 is 3. The molecule has 1 heterocycles. The predicted molar refractivity (Wildman–Crippen MR) is 126 cm³/mol. The van der Waals surface area contributed by atoms with Crippen LogP contribution in [0.15, 0.2) is 54.3 Å². The number of carbonyl (C=O) groups excluding carboxylic acids is 1. The molecule has 3 aromatic rings. The first-order chi connectivity index (χ1) is 15.9. The minimum atomic E-state index is -0.242. The number of carbonyl (C=O) groups is 1. The number of hydrogen-bond donors (Lipinski definition) is 0. The fourth-order valence-electron chi connectivity index (χ4n) is 3.44. The Balaban J connectivity index is 1.57. The first kappa shape index (κ1) is 22.8. The first-order valence-electron chi connectivity index (χ1n) is 9.89. The lowest BCUT2D eigenvalue weighted by Gasteiger charge is -2.14. The molecule has 0 bridgehead atoms. The summed E-state index contributed by atoms with van der Waals surface area (Å²) in [7, 11) is 4.57. The van der Waals surface area contributed by atoms with E-state index in [1.165, 1.54) is 21.3 Å². The van der Waals surface area contributed by atoms with E-state index in [2.05, 4.69) is 0 Å². The summed E-state index contributed by atoms with van der Waals surface area (Å²) in [5.74, 6) is 2.24. The summed E-state index contributed by atoms with van der Waals surface area (Å²) in [5.41, 5.74) is 1.84. The Hall–Kier alpha value is -3.35. The van der Waals surface area contributed by atoms with Gasteiger partial charge in [-0.1, -0.05) is 29.3 Å². The minimum Gasteiger partial charge on any atom is -0.493 e. The number of fused-ring (bicyclic) bond motifs is 1. The Kier molecular flexibility index (Phi) is 6.67. The van der Waals surface area contributed by atoms with E-state index in [-0.39, 0.29) is 18.1 Å². The second kappa shape index (κ2) is 9.65. The Morgan fingerprint density at radius 2 is 1.70 bits per heavy atom. The normalized spacial score (nSPS) is 13.5. The quantitative estimate of drug-likeness (QED) is 0.369. The monoisotopic (exact) mass is 486 g/mol. The second-order valence-corrected chi connectivity index (χ2v) is 7.89. The highest BCUT2D eigenvalue weighted by Crippen LogP contribution is 2.42. The summed E-state index contributed by atoms with van der Waals surface area (Å²) in [4.78, 5) is 12.9. The van der Waals surface area contributed by atoms with Crippen LogP contribution in [0.5, 0.6) is 28.7 Å². The summed E-state index contributed by atoms with van der Waals surface area (Å²) in [6.07, 6.45) is 1.61. The summed E-state index contributed by atoms with van der Waals surface area (Å²) >= 11 is 12.1. The minimum absolute atomic E-state index is 0.161. The van der Waals surface area contributed by atoms with Gasteiger partial charge in [-0.05, 0) is 42.5 Å². The smallest absolute Gasteiger partial charge is 0.231 e. The predicted octanol–water partition coefficient (Wildman–Crippen LogP) is 6.21. The van der Waals surface area contributed by atoms with E-state index >= 15 is 0 Å². The van der Waals surface area contributed by atoms with Crippen LogP contribution in [0, 0.1) is 0 Å². The Morgan fingerprint density at radius 3 is 2.39 bits per heavy atom. The number of allylic oxidation sites excluding steroid dienone is 1. The van der Waals surface area contributed by atoms with Gasteiger partial charge in [-0.3, -0.25) is 4.79 Å². The molecule has 0 spiro atoms. The van der Waals surface area contributed by atoms with E-state index in [1.54, 1.807) is 54.6 Å². The van der Waals surface area contributed by atoms with Crippen molar-refractivity contribution in [1.29, 1.82) is 0 Å². The molecule has 8 heteroatoms. The van der Waals surface area contributed by atoms with E-state index in [0.717, 1.165) is 5.56 Å². The highest BCUT2D eigenvalue weighted by atomic mass is 35.5. The molecule has 0 atom stereocenters. The highest BCUT2D eigenvalue weighted by Gasteiger charge is 2.28. The Bertz CT molecular complexity index is 1250. The SMILES string of the molecule is COc1ccc(/C=C2\Oc3cc(OCc4ccc(Cl)cc4Cl)ccc3C2=O)c(OC)c1OC. The average molecular weight is 487 g/mol. The molecule has 1 aliphatic heterocycles. The first-order valence-corrected chi connectivity index (χ1v) is 10.6. The molecular formula is C25H20Cl2O6. The van der Waals surface area contributed by atoms with Crippen LogP contribution >= 0.6 is 23.2 Å². The zero-order valence-corrected chi connectivity index (χ0v) is 19.6. The van der Waals surface area contributed by atoms with E-state index in [1.807, 2.05) is 0 Å². The molecule has 0 saturated carbocycles. The van der Waals surface area contributed by atoms with Crippen LogP contribution in [0.2, 0.25) is 10.0 Å². The van der Waals surface area contributed by atoms with E-state index in [9.17, 15) is 4.79 Å². The van der Waals surface area contributed by atoms with Crippen molar-refractivity contribution in [2.24, 2.45) is 0 Å². The third kappa shape index (κ3) is 4.58. The summed E-state index contributed by atoms with van der Waals surface area (Å²) < 4.78 is 27.9. The van der Waals surface area contributed by atoms with Crippen LogP contribution in [0.25, 0.3) is 6.08 Å². The molecule has 0 amide bonds. The average Bonchev–Trinajstić information content (AvgIpc) is 3.12. The van der Waals surface area contributed by atoms with Gasteiger partial charge in [-0.2, -0.15) is 0 Å². The van der Waals surface area contributed by atoms with Crippen molar-refractivity contribution in [2.45, 2.75) is 6.61 Å². The fraction of sp³-hybridized carbons (Fsp3) is 0.160.